The first kappa shape index (κ1) is 23.6. The molecule has 0 fully saturated rings. The molecule has 2 aliphatic heterocycles. The smallest absolute Gasteiger partial charge is 0.162 e. The maximum Gasteiger partial charge on any atom is 0.162 e. The molecule has 36 heavy (non-hydrogen) atoms. The summed E-state index contributed by atoms with van der Waals surface area (Å²) in [6, 6.07) is 10.7. The normalized spacial score (nSPS) is 13.2. The van der Waals surface area contributed by atoms with Crippen molar-refractivity contribution in [3.05, 3.63) is 80.6 Å². The van der Waals surface area contributed by atoms with Crippen molar-refractivity contribution in [2.45, 2.75) is 13.2 Å². The average Bonchev–Trinajstić information content (AvgIpc) is 3.67. The molecule has 0 saturated carbocycles. The number of thiophene rings is 2. The van der Waals surface area contributed by atoms with Gasteiger partial charge in [-0.15, -0.1) is 0 Å². The van der Waals surface area contributed by atoms with Gasteiger partial charge >= 0.3 is 0 Å². The maximum atomic E-state index is 15.6. The molecule has 6 rings (SSSR count). The van der Waals surface area contributed by atoms with Gasteiger partial charge in [-0.2, -0.15) is 22.7 Å². The second-order valence-corrected chi connectivity index (χ2v) is 10.5. The highest BCUT2D eigenvalue weighted by Crippen LogP contribution is 2.25. The largest absolute Gasteiger partial charge is 0.259 e. The van der Waals surface area contributed by atoms with E-state index >= 15 is 8.78 Å². The minimum atomic E-state index is -0.400. The van der Waals surface area contributed by atoms with Crippen LogP contribution >= 0.6 is 22.7 Å². The van der Waals surface area contributed by atoms with Gasteiger partial charge in [-0.1, -0.05) is 19.0 Å². The third kappa shape index (κ3) is 4.00. The summed E-state index contributed by atoms with van der Waals surface area (Å²) in [4.78, 5) is 19.7. The van der Waals surface area contributed by atoms with Gasteiger partial charge in [-0.3, -0.25) is 20.0 Å². The minimum Gasteiger partial charge on any atom is -0.259 e. The van der Waals surface area contributed by atoms with Crippen molar-refractivity contribution < 1.29 is 8.78 Å². The lowest BCUT2D eigenvalue weighted by Gasteiger charge is -2.09. The van der Waals surface area contributed by atoms with E-state index in [4.69, 9.17) is 7.74 Å². The Morgan fingerprint density at radius 1 is 0.833 bits per heavy atom. The molecule has 4 heterocycles. The number of halogens is 2. The first-order chi connectivity index (χ1) is 17.6. The van der Waals surface area contributed by atoms with Gasteiger partial charge in [0.05, 0.1) is 27.0 Å². The molecule has 0 saturated heterocycles. The van der Waals surface area contributed by atoms with Gasteiger partial charge < -0.3 is 0 Å². The number of nitrogens with zero attached hydrogens (tertiary/aromatic N) is 4. The van der Waals surface area contributed by atoms with Crippen LogP contribution in [0.1, 0.15) is 11.1 Å². The van der Waals surface area contributed by atoms with Gasteiger partial charge in [0.1, 0.15) is 32.1 Å². The highest BCUT2D eigenvalue weighted by Gasteiger charge is 2.21. The molecule has 0 amide bonds. The summed E-state index contributed by atoms with van der Waals surface area (Å²) in [7, 11) is 10.8. The number of rotatable bonds is 7. The topological polar surface area (TPSA) is 49.4 Å². The fourth-order valence-electron chi connectivity index (χ4n) is 4.60. The van der Waals surface area contributed by atoms with E-state index in [1.807, 2.05) is 38.4 Å². The Balaban J connectivity index is 1.45. The van der Waals surface area contributed by atoms with Crippen LogP contribution in [0.3, 0.4) is 0 Å². The summed E-state index contributed by atoms with van der Waals surface area (Å²) in [6.07, 6.45) is 0.149. The Morgan fingerprint density at radius 2 is 1.53 bits per heavy atom. The van der Waals surface area contributed by atoms with Crippen LogP contribution in [0.2, 0.25) is 6.82 Å². The van der Waals surface area contributed by atoms with Crippen molar-refractivity contribution in [3.8, 4) is 20.9 Å². The van der Waals surface area contributed by atoms with E-state index in [2.05, 4.69) is 20.0 Å². The van der Waals surface area contributed by atoms with Gasteiger partial charge in [0.2, 0.25) is 0 Å². The molecular weight excluding hydrogens is 490 g/mol. The van der Waals surface area contributed by atoms with E-state index in [1.54, 1.807) is 7.17 Å². The quantitative estimate of drug-likeness (QED) is 0.335. The molecule has 0 spiro atoms. The Kier molecular flexibility index (Phi) is 6.25. The number of hydrogen-bond donors (Lipinski definition) is 0. The van der Waals surface area contributed by atoms with Gasteiger partial charge in [-0.05, 0) is 39.4 Å². The standard InChI is InChI=1S/C24H15B4F2N4S2/c1-26-18-4-3-17(36-18)20-15(30)7-11(21-24(20)34-9-31-21)6-12-14(29)8-13(23-22(12)32-10-33-23)16-2-5-19(35-16)27-28-25/h2-5,7-8H,6,9-10H2,1H3. The predicted octanol–water partition coefficient (Wildman–Crippen LogP) is 0.843. The zero-order valence-electron chi connectivity index (χ0n) is 19.3. The van der Waals surface area contributed by atoms with E-state index in [-0.39, 0.29) is 25.6 Å². The summed E-state index contributed by atoms with van der Waals surface area (Å²) in [5.74, 6) is -0.785. The molecule has 12 heteroatoms. The van der Waals surface area contributed by atoms with E-state index in [9.17, 15) is 0 Å². The Morgan fingerprint density at radius 3 is 2.31 bits per heavy atom. The Bertz CT molecular complexity index is 1770. The molecule has 169 valence electrons. The highest BCUT2D eigenvalue weighted by molar-refractivity contribution is 7.37. The fraction of sp³-hybridized carbons (Fsp3) is 0.167. The fourth-order valence-corrected chi connectivity index (χ4v) is 6.48. The lowest BCUT2D eigenvalue weighted by Crippen LogP contribution is -2.33. The molecular formula is C24H15B4F2N4S2. The molecule has 5 radical (unpaired) electrons. The number of hydrogen-bond acceptors (Lipinski definition) is 6. The van der Waals surface area contributed by atoms with Crippen molar-refractivity contribution in [1.82, 2.24) is 0 Å². The van der Waals surface area contributed by atoms with Crippen LogP contribution in [0.5, 0.6) is 0 Å². The predicted molar refractivity (Wildman–Crippen MR) is 145 cm³/mol. The van der Waals surface area contributed by atoms with Gasteiger partial charge in [0.25, 0.3) is 0 Å². The van der Waals surface area contributed by atoms with Gasteiger partial charge in [0.15, 0.2) is 7.28 Å². The first-order valence-corrected chi connectivity index (χ1v) is 13.0. The molecule has 4 aromatic rings. The molecule has 0 N–H and O–H groups in total. The van der Waals surface area contributed by atoms with E-state index in [1.165, 1.54) is 41.9 Å². The van der Waals surface area contributed by atoms with Crippen molar-refractivity contribution in [1.29, 1.82) is 0 Å². The molecule has 2 aromatic carbocycles. The van der Waals surface area contributed by atoms with Crippen LogP contribution in [0.25, 0.3) is 20.9 Å². The summed E-state index contributed by atoms with van der Waals surface area (Å²) in [6.45, 7) is 2.41. The van der Waals surface area contributed by atoms with Crippen LogP contribution in [-0.4, -0.2) is 42.6 Å². The lowest BCUT2D eigenvalue weighted by atomic mass is 9.28. The molecule has 0 unspecified atom stereocenters. The molecule has 4 nitrogen and oxygen atoms in total. The van der Waals surface area contributed by atoms with Crippen molar-refractivity contribution in [3.63, 3.8) is 0 Å². The van der Waals surface area contributed by atoms with E-state index in [0.29, 0.717) is 43.7 Å². The summed E-state index contributed by atoms with van der Waals surface area (Å²) < 4.78 is 33.1. The highest BCUT2D eigenvalue weighted by atomic mass is 32.1. The SMILES string of the molecule is [B][B][B]c1ccc(-c2cc(F)c(Cc3cc(F)c(-c4ccc([B]C)s4)c4c3=NCN=4)c3c2=NCN=3)s1. The van der Waals surface area contributed by atoms with Crippen LogP contribution in [0.15, 0.2) is 56.4 Å². The Labute approximate surface area is 217 Å². The van der Waals surface area contributed by atoms with E-state index < -0.39 is 5.82 Å². The second-order valence-electron chi connectivity index (χ2n) is 8.32. The summed E-state index contributed by atoms with van der Waals surface area (Å²) >= 11 is 3.01. The zero-order valence-corrected chi connectivity index (χ0v) is 20.9. The maximum absolute atomic E-state index is 15.6. The third-order valence-corrected chi connectivity index (χ3v) is 8.47. The third-order valence-electron chi connectivity index (χ3n) is 6.22. The number of benzene rings is 2. The average molecular weight is 505 g/mol. The minimum absolute atomic E-state index is 0.149. The lowest BCUT2D eigenvalue weighted by molar-refractivity contribution is 0.608. The summed E-state index contributed by atoms with van der Waals surface area (Å²) in [5, 5.41) is 2.33. The van der Waals surface area contributed by atoms with Crippen LogP contribution in [0.4, 0.5) is 8.78 Å². The van der Waals surface area contributed by atoms with Gasteiger partial charge in [0, 0.05) is 42.1 Å². The molecule has 0 bridgehead atoms. The summed E-state index contributed by atoms with van der Waals surface area (Å²) in [5.41, 5.74) is 2.13. The first-order valence-electron chi connectivity index (χ1n) is 11.4. The molecule has 2 aromatic heterocycles. The van der Waals surface area contributed by atoms with Crippen LogP contribution < -0.4 is 31.0 Å². The van der Waals surface area contributed by atoms with Gasteiger partial charge in [-0.25, -0.2) is 8.78 Å². The zero-order chi connectivity index (χ0) is 24.8. The van der Waals surface area contributed by atoms with Crippen molar-refractivity contribution in [2.24, 2.45) is 20.0 Å². The molecule has 2 aliphatic rings. The monoisotopic (exact) mass is 505 g/mol. The van der Waals surface area contributed by atoms with E-state index in [0.717, 1.165) is 19.3 Å². The Hall–Kier alpha value is -2.84. The van der Waals surface area contributed by atoms with Crippen LogP contribution in [0, 0.1) is 11.6 Å². The molecule has 0 atom stereocenters. The second kappa shape index (κ2) is 9.56. The van der Waals surface area contributed by atoms with Crippen LogP contribution in [-0.2, 0) is 6.42 Å². The van der Waals surface area contributed by atoms with Crippen molar-refractivity contribution >= 4 is 61.5 Å². The van der Waals surface area contributed by atoms with Crippen molar-refractivity contribution in [2.75, 3.05) is 13.3 Å². The molecule has 0 aliphatic carbocycles. The number of fused-ring (bicyclic) bond motifs is 2.